The molecule has 0 atom stereocenters. The monoisotopic (exact) mass is 619 g/mol. The van der Waals surface area contributed by atoms with Crippen LogP contribution < -0.4 is 0 Å². The van der Waals surface area contributed by atoms with Crippen LogP contribution in [0.5, 0.6) is 0 Å². The first-order chi connectivity index (χ1) is 22.7. The fraction of sp³-hybridized carbons (Fsp3) is 0. The average molecular weight is 620 g/mol. The molecule has 0 aliphatic heterocycles. The van der Waals surface area contributed by atoms with Gasteiger partial charge in [-0.15, -0.1) is 22.7 Å². The molecule has 9 aromatic rings. The van der Waals surface area contributed by atoms with Crippen molar-refractivity contribution in [3.8, 4) is 50.6 Å². The second-order valence-electron chi connectivity index (χ2n) is 11.6. The van der Waals surface area contributed by atoms with Crippen molar-refractivity contribution in [2.75, 3.05) is 0 Å². The molecule has 2 heterocycles. The number of nitrogens with zero attached hydrogens (tertiary/aromatic N) is 1. The predicted molar refractivity (Wildman–Crippen MR) is 199 cm³/mol. The molecule has 0 bridgehead atoms. The Labute approximate surface area is 274 Å². The van der Waals surface area contributed by atoms with Crippen molar-refractivity contribution in [1.29, 1.82) is 5.26 Å². The number of nitriles is 1. The molecule has 3 heteroatoms. The minimum Gasteiger partial charge on any atom is -0.192 e. The lowest BCUT2D eigenvalue weighted by atomic mass is 9.88. The summed E-state index contributed by atoms with van der Waals surface area (Å²) < 4.78 is 5.20. The Morgan fingerprint density at radius 2 is 0.935 bits per heavy atom. The van der Waals surface area contributed by atoms with Gasteiger partial charge in [-0.25, -0.2) is 0 Å². The van der Waals surface area contributed by atoms with Gasteiger partial charge in [-0.1, -0.05) is 109 Å². The Balaban J connectivity index is 1.31. The highest BCUT2D eigenvalue weighted by Gasteiger charge is 2.16. The van der Waals surface area contributed by atoms with Crippen LogP contribution in [0.4, 0.5) is 0 Å². The Morgan fingerprint density at radius 3 is 1.74 bits per heavy atom. The maximum absolute atomic E-state index is 9.98. The second kappa shape index (κ2) is 10.8. The number of hydrogen-bond donors (Lipinski definition) is 0. The summed E-state index contributed by atoms with van der Waals surface area (Å²) in [6, 6.07) is 56.7. The van der Waals surface area contributed by atoms with E-state index in [9.17, 15) is 5.26 Å². The third-order valence-corrected chi connectivity index (χ3v) is 11.3. The summed E-state index contributed by atoms with van der Waals surface area (Å²) in [4.78, 5) is 0. The molecule has 0 saturated carbocycles. The Hall–Kier alpha value is -5.53. The highest BCUT2D eigenvalue weighted by atomic mass is 32.1. The molecule has 0 aliphatic rings. The highest BCUT2D eigenvalue weighted by molar-refractivity contribution is 7.26. The van der Waals surface area contributed by atoms with Crippen molar-refractivity contribution in [2.45, 2.75) is 0 Å². The topological polar surface area (TPSA) is 23.8 Å². The fourth-order valence-corrected chi connectivity index (χ4v) is 9.15. The van der Waals surface area contributed by atoms with Crippen molar-refractivity contribution in [1.82, 2.24) is 0 Å². The van der Waals surface area contributed by atoms with Gasteiger partial charge in [0.2, 0.25) is 0 Å². The molecular formula is C43H25NS2. The van der Waals surface area contributed by atoms with Crippen molar-refractivity contribution >= 4 is 63.0 Å². The molecule has 46 heavy (non-hydrogen) atoms. The Kier molecular flexibility index (Phi) is 6.31. The van der Waals surface area contributed by atoms with E-state index in [0.29, 0.717) is 5.56 Å². The van der Waals surface area contributed by atoms with Gasteiger partial charge >= 0.3 is 0 Å². The lowest BCUT2D eigenvalue weighted by Gasteiger charge is -2.15. The zero-order valence-corrected chi connectivity index (χ0v) is 26.3. The standard InChI is InChI=1S/C43H25NS2/c44-26-28-10-1-2-11-32(28)35-13-4-3-12-33(35)30-22-29(27-20-21-38-36-14-5-7-18-40(36)45-42(38)25-27)23-31(24-30)34-16-9-17-39-37-15-6-8-19-41(37)46-43(34)39/h1-25H. The molecule has 0 radical (unpaired) electrons. The molecule has 0 fully saturated rings. The lowest BCUT2D eigenvalue weighted by molar-refractivity contribution is 1.47. The van der Waals surface area contributed by atoms with Gasteiger partial charge in [0, 0.05) is 45.9 Å². The van der Waals surface area contributed by atoms with Crippen molar-refractivity contribution < 1.29 is 0 Å². The first-order valence-electron chi connectivity index (χ1n) is 15.3. The van der Waals surface area contributed by atoms with Gasteiger partial charge < -0.3 is 0 Å². The predicted octanol–water partition coefficient (Wildman–Crippen LogP) is 13.0. The van der Waals surface area contributed by atoms with E-state index in [-0.39, 0.29) is 0 Å². The van der Waals surface area contributed by atoms with Gasteiger partial charge in [0.05, 0.1) is 11.6 Å². The summed E-state index contributed by atoms with van der Waals surface area (Å²) in [7, 11) is 0. The Morgan fingerprint density at radius 1 is 0.370 bits per heavy atom. The van der Waals surface area contributed by atoms with E-state index in [0.717, 1.165) is 22.3 Å². The minimum atomic E-state index is 0.677. The van der Waals surface area contributed by atoms with Gasteiger partial charge in [0.1, 0.15) is 0 Å². The molecule has 7 aromatic carbocycles. The minimum absolute atomic E-state index is 0.677. The zero-order chi connectivity index (χ0) is 30.6. The molecule has 0 amide bonds. The second-order valence-corrected chi connectivity index (χ2v) is 13.7. The Bertz CT molecular complexity index is 2670. The molecular weight excluding hydrogens is 595 g/mol. The van der Waals surface area contributed by atoms with E-state index < -0.39 is 0 Å². The van der Waals surface area contributed by atoms with Crippen molar-refractivity contribution in [3.63, 3.8) is 0 Å². The smallest absolute Gasteiger partial charge is 0.0998 e. The number of fused-ring (bicyclic) bond motifs is 6. The number of thiophene rings is 2. The molecule has 2 aromatic heterocycles. The van der Waals surface area contributed by atoms with E-state index in [4.69, 9.17) is 0 Å². The van der Waals surface area contributed by atoms with Crippen LogP contribution in [0.3, 0.4) is 0 Å². The number of rotatable bonds is 4. The maximum Gasteiger partial charge on any atom is 0.0998 e. The van der Waals surface area contributed by atoms with Gasteiger partial charge in [-0.2, -0.15) is 5.26 Å². The molecule has 0 aliphatic carbocycles. The van der Waals surface area contributed by atoms with E-state index in [1.165, 1.54) is 62.6 Å². The molecule has 9 rings (SSSR count). The summed E-state index contributed by atoms with van der Waals surface area (Å²) in [5.74, 6) is 0. The van der Waals surface area contributed by atoms with Gasteiger partial charge in [0.25, 0.3) is 0 Å². The molecule has 0 spiro atoms. The zero-order valence-electron chi connectivity index (χ0n) is 24.7. The van der Waals surface area contributed by atoms with Crippen molar-refractivity contribution in [2.24, 2.45) is 0 Å². The summed E-state index contributed by atoms with van der Waals surface area (Å²) in [6.07, 6.45) is 0. The van der Waals surface area contributed by atoms with E-state index in [1.54, 1.807) is 0 Å². The van der Waals surface area contributed by atoms with Gasteiger partial charge in [-0.05, 0) is 81.4 Å². The van der Waals surface area contributed by atoms with Crippen LogP contribution in [0.1, 0.15) is 5.56 Å². The van der Waals surface area contributed by atoms with Crippen LogP contribution in [0.2, 0.25) is 0 Å². The number of hydrogen-bond acceptors (Lipinski definition) is 3. The van der Waals surface area contributed by atoms with Gasteiger partial charge in [0.15, 0.2) is 0 Å². The summed E-state index contributed by atoms with van der Waals surface area (Å²) in [6.45, 7) is 0. The molecule has 0 unspecified atom stereocenters. The van der Waals surface area contributed by atoms with Crippen LogP contribution in [0, 0.1) is 11.3 Å². The largest absolute Gasteiger partial charge is 0.192 e. The van der Waals surface area contributed by atoms with Crippen LogP contribution in [-0.4, -0.2) is 0 Å². The normalized spacial score (nSPS) is 11.5. The van der Waals surface area contributed by atoms with E-state index in [2.05, 4.69) is 140 Å². The summed E-state index contributed by atoms with van der Waals surface area (Å²) in [5.41, 5.74) is 9.72. The van der Waals surface area contributed by atoms with Crippen LogP contribution >= 0.6 is 22.7 Å². The third kappa shape index (κ3) is 4.35. The van der Waals surface area contributed by atoms with E-state index in [1.807, 2.05) is 40.9 Å². The average Bonchev–Trinajstić information content (AvgIpc) is 3.69. The molecule has 0 saturated heterocycles. The third-order valence-electron chi connectivity index (χ3n) is 8.94. The number of benzene rings is 7. The quantitative estimate of drug-likeness (QED) is 0.192. The maximum atomic E-state index is 9.98. The molecule has 214 valence electrons. The highest BCUT2D eigenvalue weighted by Crippen LogP contribution is 2.44. The van der Waals surface area contributed by atoms with Gasteiger partial charge in [-0.3, -0.25) is 0 Å². The van der Waals surface area contributed by atoms with Crippen molar-refractivity contribution in [3.05, 3.63) is 157 Å². The molecule has 0 N–H and O–H groups in total. The van der Waals surface area contributed by atoms with E-state index >= 15 is 0 Å². The fourth-order valence-electron chi connectivity index (χ4n) is 6.77. The summed E-state index contributed by atoms with van der Waals surface area (Å²) >= 11 is 3.71. The SMILES string of the molecule is N#Cc1ccccc1-c1ccccc1-c1cc(-c2ccc3c(c2)sc2ccccc23)cc(-c2cccc3c2sc2ccccc23)c1. The van der Waals surface area contributed by atoms with Crippen LogP contribution in [-0.2, 0) is 0 Å². The summed E-state index contributed by atoms with van der Waals surface area (Å²) in [5, 5.41) is 15.2. The first-order valence-corrected chi connectivity index (χ1v) is 16.9. The lowest BCUT2D eigenvalue weighted by Crippen LogP contribution is -1.91. The van der Waals surface area contributed by atoms with Crippen LogP contribution in [0.25, 0.3) is 84.9 Å². The first kappa shape index (κ1) is 26.8. The molecule has 1 nitrogen and oxygen atoms in total. The van der Waals surface area contributed by atoms with Crippen LogP contribution in [0.15, 0.2) is 152 Å².